The molecule has 0 aliphatic heterocycles. The van der Waals surface area contributed by atoms with Gasteiger partial charge >= 0.3 is 0 Å². The van der Waals surface area contributed by atoms with E-state index < -0.39 is 0 Å². The molecule has 0 radical (unpaired) electrons. The molecule has 3 rings (SSSR count). The van der Waals surface area contributed by atoms with E-state index in [9.17, 15) is 0 Å². The lowest BCUT2D eigenvalue weighted by Crippen LogP contribution is -1.92. The number of benzene rings is 1. The maximum absolute atomic E-state index is 5.25. The van der Waals surface area contributed by atoms with Crippen LogP contribution < -0.4 is 4.74 Å². The topological polar surface area (TPSA) is 26.5 Å². The number of imidazole rings is 1. The Hall–Kier alpha value is -1.81. The van der Waals surface area contributed by atoms with Crippen molar-refractivity contribution in [2.75, 3.05) is 7.11 Å². The van der Waals surface area contributed by atoms with Crippen molar-refractivity contribution in [1.82, 2.24) is 9.38 Å². The van der Waals surface area contributed by atoms with E-state index in [0.717, 1.165) is 27.1 Å². The summed E-state index contributed by atoms with van der Waals surface area (Å²) in [6.45, 7) is 0. The van der Waals surface area contributed by atoms with Gasteiger partial charge in [-0.25, -0.2) is 4.98 Å². The first-order chi connectivity index (χ1) is 8.79. The van der Waals surface area contributed by atoms with E-state index >= 15 is 0 Å². The molecule has 0 atom stereocenters. The fourth-order valence-electron chi connectivity index (χ4n) is 1.93. The number of halogens is 1. The minimum Gasteiger partial charge on any atom is -0.495 e. The average Bonchev–Trinajstić information content (AvgIpc) is 2.82. The molecule has 2 aromatic heterocycles. The molecule has 0 aliphatic carbocycles. The first-order valence-electron chi connectivity index (χ1n) is 5.55. The van der Waals surface area contributed by atoms with Crippen molar-refractivity contribution in [3.63, 3.8) is 0 Å². The van der Waals surface area contributed by atoms with E-state index in [1.165, 1.54) is 0 Å². The molecular formula is C14H11BrN2O. The lowest BCUT2D eigenvalue weighted by atomic mass is 10.2. The monoisotopic (exact) mass is 302 g/mol. The molecule has 0 N–H and O–H groups in total. The molecule has 0 spiro atoms. The van der Waals surface area contributed by atoms with Crippen molar-refractivity contribution in [2.45, 2.75) is 0 Å². The third kappa shape index (κ3) is 1.78. The fourth-order valence-corrected chi connectivity index (χ4v) is 2.40. The molecule has 0 fully saturated rings. The standard InChI is InChI=1S/C14H11BrN2O/c1-18-11-7-6-10-8-16-14(17(10)9-11)12-4-2-3-5-13(12)15/h2-9H,1H3. The Morgan fingerprint density at radius 1 is 1.17 bits per heavy atom. The minimum atomic E-state index is 0.814. The van der Waals surface area contributed by atoms with Crippen LogP contribution in [0.2, 0.25) is 0 Å². The van der Waals surface area contributed by atoms with Gasteiger partial charge in [0.1, 0.15) is 11.6 Å². The van der Waals surface area contributed by atoms with Crippen LogP contribution in [-0.4, -0.2) is 16.5 Å². The van der Waals surface area contributed by atoms with Gasteiger partial charge in [0, 0.05) is 10.0 Å². The second kappa shape index (κ2) is 4.46. The van der Waals surface area contributed by atoms with Gasteiger partial charge in [-0.1, -0.05) is 34.1 Å². The summed E-state index contributed by atoms with van der Waals surface area (Å²) >= 11 is 3.55. The quantitative estimate of drug-likeness (QED) is 0.720. The van der Waals surface area contributed by atoms with Crippen LogP contribution in [0.5, 0.6) is 5.75 Å². The Balaban J connectivity index is 2.26. The zero-order chi connectivity index (χ0) is 12.5. The summed E-state index contributed by atoms with van der Waals surface area (Å²) in [5, 5.41) is 0. The normalized spacial score (nSPS) is 10.8. The number of methoxy groups -OCH3 is 1. The molecule has 0 bridgehead atoms. The van der Waals surface area contributed by atoms with Crippen LogP contribution in [0.3, 0.4) is 0 Å². The fraction of sp³-hybridized carbons (Fsp3) is 0.0714. The summed E-state index contributed by atoms with van der Waals surface area (Å²) in [7, 11) is 1.66. The number of fused-ring (bicyclic) bond motifs is 1. The van der Waals surface area contributed by atoms with Crippen LogP contribution in [0.4, 0.5) is 0 Å². The molecule has 0 aliphatic rings. The molecule has 4 heteroatoms. The highest BCUT2D eigenvalue weighted by Crippen LogP contribution is 2.28. The summed E-state index contributed by atoms with van der Waals surface area (Å²) in [4.78, 5) is 4.48. The maximum atomic E-state index is 5.25. The number of hydrogen-bond donors (Lipinski definition) is 0. The number of ether oxygens (including phenoxy) is 1. The number of hydrogen-bond acceptors (Lipinski definition) is 2. The van der Waals surface area contributed by atoms with Crippen LogP contribution in [0.15, 0.2) is 53.3 Å². The van der Waals surface area contributed by atoms with Gasteiger partial charge in [-0.2, -0.15) is 0 Å². The SMILES string of the molecule is COc1ccc2cnc(-c3ccccc3Br)n2c1. The van der Waals surface area contributed by atoms with E-state index in [0.29, 0.717) is 0 Å². The number of rotatable bonds is 2. The highest BCUT2D eigenvalue weighted by Gasteiger charge is 2.09. The van der Waals surface area contributed by atoms with Crippen LogP contribution >= 0.6 is 15.9 Å². The lowest BCUT2D eigenvalue weighted by molar-refractivity contribution is 0.412. The molecule has 18 heavy (non-hydrogen) atoms. The van der Waals surface area contributed by atoms with Crippen LogP contribution in [0.25, 0.3) is 16.9 Å². The molecule has 3 aromatic rings. The molecule has 2 heterocycles. The molecule has 0 saturated heterocycles. The van der Waals surface area contributed by atoms with Gasteiger partial charge < -0.3 is 4.74 Å². The molecule has 90 valence electrons. The molecular weight excluding hydrogens is 292 g/mol. The van der Waals surface area contributed by atoms with Crippen LogP contribution in [0.1, 0.15) is 0 Å². The van der Waals surface area contributed by atoms with E-state index in [-0.39, 0.29) is 0 Å². The largest absolute Gasteiger partial charge is 0.495 e. The Kier molecular flexibility index (Phi) is 2.80. The predicted octanol–water partition coefficient (Wildman–Crippen LogP) is 3.77. The van der Waals surface area contributed by atoms with E-state index in [2.05, 4.69) is 20.9 Å². The lowest BCUT2D eigenvalue weighted by Gasteiger charge is -2.05. The van der Waals surface area contributed by atoms with E-state index in [1.807, 2.05) is 53.2 Å². The van der Waals surface area contributed by atoms with Crippen molar-refractivity contribution in [1.29, 1.82) is 0 Å². The Bertz CT molecular complexity index is 706. The molecule has 0 saturated carbocycles. The van der Waals surface area contributed by atoms with Crippen LogP contribution in [0, 0.1) is 0 Å². The van der Waals surface area contributed by atoms with E-state index in [4.69, 9.17) is 4.74 Å². The summed E-state index contributed by atoms with van der Waals surface area (Å²) < 4.78 is 8.31. The van der Waals surface area contributed by atoms with Gasteiger partial charge in [-0.15, -0.1) is 0 Å². The van der Waals surface area contributed by atoms with Gasteiger partial charge in [0.25, 0.3) is 0 Å². The smallest absolute Gasteiger partial charge is 0.145 e. The van der Waals surface area contributed by atoms with Crippen molar-refractivity contribution in [2.24, 2.45) is 0 Å². The average molecular weight is 303 g/mol. The Labute approximate surface area is 113 Å². The third-order valence-corrected chi connectivity index (χ3v) is 3.54. The van der Waals surface area contributed by atoms with Gasteiger partial charge in [0.05, 0.1) is 25.0 Å². The highest BCUT2D eigenvalue weighted by atomic mass is 79.9. The van der Waals surface area contributed by atoms with Crippen molar-refractivity contribution in [3.8, 4) is 17.1 Å². The number of nitrogens with zero attached hydrogens (tertiary/aromatic N) is 2. The maximum Gasteiger partial charge on any atom is 0.145 e. The van der Waals surface area contributed by atoms with Crippen LogP contribution in [-0.2, 0) is 0 Å². The number of pyridine rings is 1. The Morgan fingerprint density at radius 3 is 2.78 bits per heavy atom. The second-order valence-corrected chi connectivity index (χ2v) is 4.78. The number of aromatic nitrogens is 2. The van der Waals surface area contributed by atoms with E-state index in [1.54, 1.807) is 7.11 Å². The summed E-state index contributed by atoms with van der Waals surface area (Å²) in [5.74, 6) is 1.71. The predicted molar refractivity (Wildman–Crippen MR) is 74.9 cm³/mol. The molecule has 0 unspecified atom stereocenters. The minimum absolute atomic E-state index is 0.814. The Morgan fingerprint density at radius 2 is 2.00 bits per heavy atom. The second-order valence-electron chi connectivity index (χ2n) is 3.93. The first kappa shape index (κ1) is 11.3. The van der Waals surface area contributed by atoms with Gasteiger partial charge in [0.15, 0.2) is 0 Å². The summed E-state index contributed by atoms with van der Waals surface area (Å²) in [6.07, 6.45) is 3.80. The molecule has 0 amide bonds. The zero-order valence-electron chi connectivity index (χ0n) is 9.80. The molecule has 3 nitrogen and oxygen atoms in total. The molecule has 1 aromatic carbocycles. The van der Waals surface area contributed by atoms with Crippen molar-refractivity contribution < 1.29 is 4.74 Å². The van der Waals surface area contributed by atoms with Gasteiger partial charge in [0.2, 0.25) is 0 Å². The van der Waals surface area contributed by atoms with Crippen molar-refractivity contribution >= 4 is 21.4 Å². The van der Waals surface area contributed by atoms with Gasteiger partial charge in [-0.05, 0) is 18.2 Å². The third-order valence-electron chi connectivity index (χ3n) is 2.85. The van der Waals surface area contributed by atoms with Gasteiger partial charge in [-0.3, -0.25) is 4.40 Å². The van der Waals surface area contributed by atoms with Crippen molar-refractivity contribution in [3.05, 3.63) is 53.3 Å². The highest BCUT2D eigenvalue weighted by molar-refractivity contribution is 9.10. The zero-order valence-corrected chi connectivity index (χ0v) is 11.4. The first-order valence-corrected chi connectivity index (χ1v) is 6.35. The summed E-state index contributed by atoms with van der Waals surface area (Å²) in [6, 6.07) is 12.0. The summed E-state index contributed by atoms with van der Waals surface area (Å²) in [5.41, 5.74) is 2.10.